The summed E-state index contributed by atoms with van der Waals surface area (Å²) in [6.07, 6.45) is 5.60. The van der Waals surface area contributed by atoms with Crippen LogP contribution in [0, 0.1) is 11.8 Å². The van der Waals surface area contributed by atoms with Gasteiger partial charge in [-0.1, -0.05) is 19.8 Å². The maximum atomic E-state index is 5.12. The van der Waals surface area contributed by atoms with Crippen molar-refractivity contribution in [1.82, 2.24) is 0 Å². The molecule has 60 valence electrons. The first-order valence-electron chi connectivity index (χ1n) is 4.35. The van der Waals surface area contributed by atoms with Crippen LogP contribution in [0.1, 0.15) is 32.6 Å². The van der Waals surface area contributed by atoms with Gasteiger partial charge in [-0.25, -0.2) is 0 Å². The van der Waals surface area contributed by atoms with Gasteiger partial charge in [-0.05, 0) is 24.7 Å². The highest BCUT2D eigenvalue weighted by Gasteiger charge is 2.22. The van der Waals surface area contributed by atoms with Crippen LogP contribution in [0.25, 0.3) is 0 Å². The summed E-state index contributed by atoms with van der Waals surface area (Å²) >= 11 is 0. The van der Waals surface area contributed by atoms with Crippen molar-refractivity contribution in [1.29, 1.82) is 0 Å². The Balaban J connectivity index is 2.15. The largest absolute Gasteiger partial charge is 0.384 e. The lowest BCUT2D eigenvalue weighted by atomic mass is 10.0. The summed E-state index contributed by atoms with van der Waals surface area (Å²) in [5.41, 5.74) is 0. The predicted octanol–water partition coefficient (Wildman–Crippen LogP) is 2.46. The van der Waals surface area contributed by atoms with Gasteiger partial charge >= 0.3 is 0 Å². The molecule has 0 amide bonds. The van der Waals surface area contributed by atoms with E-state index in [1.54, 1.807) is 7.11 Å². The molecule has 0 spiro atoms. The number of hydrogen-bond donors (Lipinski definition) is 0. The first kappa shape index (κ1) is 8.06. The van der Waals surface area contributed by atoms with Gasteiger partial charge in [-0.3, -0.25) is 0 Å². The first-order chi connectivity index (χ1) is 4.86. The number of methoxy groups -OCH3 is 1. The summed E-state index contributed by atoms with van der Waals surface area (Å²) in [5.74, 6) is 1.87. The van der Waals surface area contributed by atoms with Crippen LogP contribution in [0.3, 0.4) is 0 Å². The Labute approximate surface area is 63.8 Å². The number of ether oxygens (including phenoxy) is 1. The Kier molecular flexibility index (Phi) is 3.20. The third-order valence-corrected chi connectivity index (χ3v) is 2.63. The van der Waals surface area contributed by atoms with Gasteiger partial charge < -0.3 is 4.74 Å². The molecule has 0 aliphatic heterocycles. The molecule has 0 bridgehead atoms. The zero-order valence-corrected chi connectivity index (χ0v) is 7.10. The highest BCUT2D eigenvalue weighted by atomic mass is 16.5. The van der Waals surface area contributed by atoms with Crippen molar-refractivity contribution in [2.45, 2.75) is 32.6 Å². The van der Waals surface area contributed by atoms with E-state index in [0.29, 0.717) is 0 Å². The minimum atomic E-state index is 0.870. The summed E-state index contributed by atoms with van der Waals surface area (Å²) in [4.78, 5) is 0. The molecule has 0 aromatic heterocycles. The van der Waals surface area contributed by atoms with Crippen LogP contribution < -0.4 is 0 Å². The monoisotopic (exact) mass is 142 g/mol. The molecule has 10 heavy (non-hydrogen) atoms. The highest BCUT2D eigenvalue weighted by molar-refractivity contribution is 4.73. The van der Waals surface area contributed by atoms with E-state index in [1.807, 2.05) is 0 Å². The fourth-order valence-electron chi connectivity index (χ4n) is 1.94. The molecule has 1 aliphatic rings. The van der Waals surface area contributed by atoms with E-state index in [1.165, 1.54) is 25.7 Å². The second-order valence-corrected chi connectivity index (χ2v) is 3.41. The lowest BCUT2D eigenvalue weighted by Gasteiger charge is -2.07. The van der Waals surface area contributed by atoms with Gasteiger partial charge in [0.2, 0.25) is 0 Å². The van der Waals surface area contributed by atoms with Crippen LogP contribution in [-0.4, -0.2) is 13.7 Å². The molecular weight excluding hydrogens is 124 g/mol. The molecule has 0 unspecified atom stereocenters. The highest BCUT2D eigenvalue weighted by Crippen LogP contribution is 2.32. The molecule has 0 aromatic rings. The molecule has 2 atom stereocenters. The van der Waals surface area contributed by atoms with Crippen molar-refractivity contribution in [3.8, 4) is 0 Å². The third-order valence-electron chi connectivity index (χ3n) is 2.63. The van der Waals surface area contributed by atoms with Crippen molar-refractivity contribution in [3.05, 3.63) is 0 Å². The zero-order chi connectivity index (χ0) is 7.40. The second kappa shape index (κ2) is 3.97. The Morgan fingerprint density at radius 1 is 1.30 bits per heavy atom. The maximum Gasteiger partial charge on any atom is 0.0490 e. The Morgan fingerprint density at radius 2 is 2.00 bits per heavy atom. The number of hydrogen-bond acceptors (Lipinski definition) is 1. The molecule has 1 saturated carbocycles. The second-order valence-electron chi connectivity index (χ2n) is 3.41. The molecule has 0 aromatic carbocycles. The van der Waals surface area contributed by atoms with E-state index in [2.05, 4.69) is 6.92 Å². The van der Waals surface area contributed by atoms with Crippen molar-refractivity contribution < 1.29 is 4.74 Å². The quantitative estimate of drug-likeness (QED) is 0.588. The fraction of sp³-hybridized carbons (Fsp3) is 1.00. The van der Waals surface area contributed by atoms with Crippen LogP contribution in [-0.2, 0) is 4.74 Å². The third kappa shape index (κ3) is 1.98. The van der Waals surface area contributed by atoms with Crippen LogP contribution in [0.2, 0.25) is 0 Å². The molecule has 0 N–H and O–H groups in total. The van der Waals surface area contributed by atoms with Crippen LogP contribution in [0.4, 0.5) is 0 Å². The van der Waals surface area contributed by atoms with Crippen LogP contribution >= 0.6 is 0 Å². The normalized spacial score (nSPS) is 33.0. The average molecular weight is 142 g/mol. The molecule has 1 aliphatic carbocycles. The molecule has 0 radical (unpaired) electrons. The molecule has 1 nitrogen and oxygen atoms in total. The SMILES string of the molecule is CC[C@@H]1CC[C@H](COC)C1. The molecular formula is C9H18O. The van der Waals surface area contributed by atoms with Crippen molar-refractivity contribution in [2.75, 3.05) is 13.7 Å². The molecule has 1 rings (SSSR count). The first-order valence-corrected chi connectivity index (χ1v) is 4.35. The minimum Gasteiger partial charge on any atom is -0.384 e. The standard InChI is InChI=1S/C9H18O/c1-3-8-4-5-9(6-8)7-10-2/h8-9H,3-7H2,1-2H3/t8-,9+/m1/s1. The molecule has 1 heteroatoms. The van der Waals surface area contributed by atoms with E-state index in [4.69, 9.17) is 4.74 Å². The van der Waals surface area contributed by atoms with Gasteiger partial charge in [-0.15, -0.1) is 0 Å². The van der Waals surface area contributed by atoms with Crippen LogP contribution in [0.5, 0.6) is 0 Å². The van der Waals surface area contributed by atoms with Gasteiger partial charge in [0.25, 0.3) is 0 Å². The van der Waals surface area contributed by atoms with Gasteiger partial charge in [0.15, 0.2) is 0 Å². The van der Waals surface area contributed by atoms with E-state index in [0.717, 1.165) is 18.4 Å². The minimum absolute atomic E-state index is 0.870. The lowest BCUT2D eigenvalue weighted by Crippen LogP contribution is -2.03. The Hall–Kier alpha value is -0.0400. The molecule has 1 fully saturated rings. The molecule has 0 heterocycles. The summed E-state index contributed by atoms with van der Waals surface area (Å²) in [6, 6.07) is 0. The van der Waals surface area contributed by atoms with Crippen LogP contribution in [0.15, 0.2) is 0 Å². The maximum absolute atomic E-state index is 5.12. The van der Waals surface area contributed by atoms with Gasteiger partial charge in [-0.2, -0.15) is 0 Å². The average Bonchev–Trinajstić information content (AvgIpc) is 2.37. The van der Waals surface area contributed by atoms with E-state index in [-0.39, 0.29) is 0 Å². The smallest absolute Gasteiger partial charge is 0.0490 e. The fourth-order valence-corrected chi connectivity index (χ4v) is 1.94. The summed E-state index contributed by atoms with van der Waals surface area (Å²) < 4.78 is 5.12. The summed E-state index contributed by atoms with van der Waals surface area (Å²) in [6.45, 7) is 3.27. The summed E-state index contributed by atoms with van der Waals surface area (Å²) in [7, 11) is 1.80. The predicted molar refractivity (Wildman–Crippen MR) is 43.0 cm³/mol. The topological polar surface area (TPSA) is 9.23 Å². The van der Waals surface area contributed by atoms with E-state index in [9.17, 15) is 0 Å². The summed E-state index contributed by atoms with van der Waals surface area (Å²) in [5, 5.41) is 0. The Morgan fingerprint density at radius 3 is 2.50 bits per heavy atom. The van der Waals surface area contributed by atoms with Gasteiger partial charge in [0.05, 0.1) is 0 Å². The molecule has 0 saturated heterocycles. The lowest BCUT2D eigenvalue weighted by molar-refractivity contribution is 0.153. The van der Waals surface area contributed by atoms with Crippen molar-refractivity contribution in [2.24, 2.45) is 11.8 Å². The van der Waals surface area contributed by atoms with Crippen molar-refractivity contribution >= 4 is 0 Å². The Bertz CT molecular complexity index is 90.7. The number of rotatable bonds is 3. The van der Waals surface area contributed by atoms with Gasteiger partial charge in [0, 0.05) is 13.7 Å². The van der Waals surface area contributed by atoms with Gasteiger partial charge in [0.1, 0.15) is 0 Å². The van der Waals surface area contributed by atoms with E-state index >= 15 is 0 Å². The van der Waals surface area contributed by atoms with E-state index < -0.39 is 0 Å². The van der Waals surface area contributed by atoms with Crippen molar-refractivity contribution in [3.63, 3.8) is 0 Å². The zero-order valence-electron chi connectivity index (χ0n) is 7.10.